The van der Waals surface area contributed by atoms with Crippen LogP contribution in [0.1, 0.15) is 25.8 Å². The van der Waals surface area contributed by atoms with Gasteiger partial charge in [-0.05, 0) is 18.9 Å². The van der Waals surface area contributed by atoms with Gasteiger partial charge in [0.05, 0.1) is 6.61 Å². The van der Waals surface area contributed by atoms with E-state index < -0.39 is 5.54 Å². The molecule has 0 radical (unpaired) electrons. The monoisotopic (exact) mass is 250 g/mol. The maximum atomic E-state index is 12.4. The van der Waals surface area contributed by atoms with E-state index in [0.717, 1.165) is 12.0 Å². The molecule has 4 nitrogen and oxygen atoms in total. The fraction of sp³-hybridized carbons (Fsp3) is 0.500. The molecule has 0 saturated heterocycles. The smallest absolute Gasteiger partial charge is 0.247 e. The zero-order chi connectivity index (χ0) is 13.6. The van der Waals surface area contributed by atoms with Crippen molar-refractivity contribution in [2.24, 2.45) is 5.73 Å². The number of hydrogen-bond acceptors (Lipinski definition) is 3. The lowest BCUT2D eigenvalue weighted by molar-refractivity contribution is -0.137. The van der Waals surface area contributed by atoms with Crippen LogP contribution < -0.4 is 5.73 Å². The van der Waals surface area contributed by atoms with Gasteiger partial charge in [-0.3, -0.25) is 4.79 Å². The summed E-state index contributed by atoms with van der Waals surface area (Å²) in [6, 6.07) is 9.32. The summed E-state index contributed by atoms with van der Waals surface area (Å²) in [6.45, 7) is 4.60. The van der Waals surface area contributed by atoms with Crippen LogP contribution in [0.25, 0.3) is 0 Å². The molecule has 0 fully saturated rings. The molecule has 0 aliphatic heterocycles. The van der Waals surface area contributed by atoms with Crippen LogP contribution in [-0.2, 0) is 10.3 Å². The van der Waals surface area contributed by atoms with E-state index in [4.69, 9.17) is 10.8 Å². The quantitative estimate of drug-likeness (QED) is 0.794. The van der Waals surface area contributed by atoms with Crippen LogP contribution in [0.3, 0.4) is 0 Å². The van der Waals surface area contributed by atoms with Gasteiger partial charge in [-0.2, -0.15) is 0 Å². The van der Waals surface area contributed by atoms with Crippen LogP contribution in [0.4, 0.5) is 0 Å². The van der Waals surface area contributed by atoms with Crippen molar-refractivity contribution < 1.29 is 9.90 Å². The van der Waals surface area contributed by atoms with Crippen molar-refractivity contribution in [3.63, 3.8) is 0 Å². The second-order valence-electron chi connectivity index (χ2n) is 4.58. The molecule has 3 N–H and O–H groups in total. The average molecular weight is 250 g/mol. The second-order valence-corrected chi connectivity index (χ2v) is 4.58. The molecule has 0 spiro atoms. The summed E-state index contributed by atoms with van der Waals surface area (Å²) in [4.78, 5) is 14.1. The number of carbonyl (C=O) groups is 1. The van der Waals surface area contributed by atoms with Crippen molar-refractivity contribution >= 4 is 5.91 Å². The van der Waals surface area contributed by atoms with Gasteiger partial charge in [0.2, 0.25) is 5.91 Å². The molecule has 4 heteroatoms. The fourth-order valence-electron chi connectivity index (χ4n) is 1.94. The van der Waals surface area contributed by atoms with Gasteiger partial charge in [0, 0.05) is 13.1 Å². The molecule has 0 aliphatic carbocycles. The van der Waals surface area contributed by atoms with Crippen LogP contribution in [0, 0.1) is 0 Å². The van der Waals surface area contributed by atoms with E-state index in [1.807, 2.05) is 37.3 Å². The van der Waals surface area contributed by atoms with E-state index in [0.29, 0.717) is 13.1 Å². The Labute approximate surface area is 108 Å². The Morgan fingerprint density at radius 2 is 1.94 bits per heavy atom. The van der Waals surface area contributed by atoms with Crippen LogP contribution >= 0.6 is 0 Å². The van der Waals surface area contributed by atoms with E-state index in [2.05, 4.69) is 0 Å². The molecule has 0 heterocycles. The van der Waals surface area contributed by atoms with Gasteiger partial charge < -0.3 is 15.7 Å². The van der Waals surface area contributed by atoms with Crippen molar-refractivity contribution in [1.29, 1.82) is 0 Å². The van der Waals surface area contributed by atoms with Gasteiger partial charge in [0.25, 0.3) is 0 Å². The third-order valence-corrected chi connectivity index (χ3v) is 2.97. The second kappa shape index (κ2) is 6.52. The van der Waals surface area contributed by atoms with Crippen molar-refractivity contribution in [3.05, 3.63) is 35.9 Å². The van der Waals surface area contributed by atoms with Crippen molar-refractivity contribution in [3.8, 4) is 0 Å². The highest BCUT2D eigenvalue weighted by molar-refractivity contribution is 5.87. The molecule has 0 aliphatic rings. The summed E-state index contributed by atoms with van der Waals surface area (Å²) in [5, 5.41) is 9.01. The third-order valence-electron chi connectivity index (χ3n) is 2.97. The number of aliphatic hydroxyl groups is 1. The maximum absolute atomic E-state index is 12.4. The molecule has 1 amide bonds. The number of carbonyl (C=O) groups excluding carboxylic acids is 1. The van der Waals surface area contributed by atoms with Gasteiger partial charge in [0.15, 0.2) is 0 Å². The first kappa shape index (κ1) is 14.7. The van der Waals surface area contributed by atoms with Crippen molar-refractivity contribution in [2.45, 2.75) is 25.8 Å². The molecular weight excluding hydrogens is 228 g/mol. The third kappa shape index (κ3) is 3.31. The molecule has 18 heavy (non-hydrogen) atoms. The minimum atomic E-state index is -1.05. The SMILES string of the molecule is CCCN(CCO)C(=O)C(C)(N)c1ccccc1. The largest absolute Gasteiger partial charge is 0.395 e. The Balaban J connectivity index is 2.92. The van der Waals surface area contributed by atoms with Crippen LogP contribution in [0.5, 0.6) is 0 Å². The number of rotatable bonds is 6. The number of hydrogen-bond donors (Lipinski definition) is 2. The molecular formula is C14H22N2O2. The minimum absolute atomic E-state index is 0.0450. The molecule has 0 saturated carbocycles. The zero-order valence-electron chi connectivity index (χ0n) is 11.1. The van der Waals surface area contributed by atoms with Crippen LogP contribution in [0.15, 0.2) is 30.3 Å². The Bertz CT molecular complexity index is 371. The maximum Gasteiger partial charge on any atom is 0.247 e. The zero-order valence-corrected chi connectivity index (χ0v) is 11.1. The predicted molar refractivity (Wildman–Crippen MR) is 71.9 cm³/mol. The molecule has 0 bridgehead atoms. The molecule has 100 valence electrons. The summed E-state index contributed by atoms with van der Waals surface area (Å²) in [5.41, 5.74) is 5.91. The van der Waals surface area contributed by atoms with Crippen molar-refractivity contribution in [2.75, 3.05) is 19.7 Å². The summed E-state index contributed by atoms with van der Waals surface area (Å²) < 4.78 is 0. The topological polar surface area (TPSA) is 66.6 Å². The van der Waals surface area contributed by atoms with E-state index in [1.165, 1.54) is 0 Å². The minimum Gasteiger partial charge on any atom is -0.395 e. The molecule has 1 unspecified atom stereocenters. The van der Waals surface area contributed by atoms with E-state index in [1.54, 1.807) is 11.8 Å². The highest BCUT2D eigenvalue weighted by Crippen LogP contribution is 2.20. The van der Waals surface area contributed by atoms with E-state index >= 15 is 0 Å². The van der Waals surface area contributed by atoms with Gasteiger partial charge in [-0.25, -0.2) is 0 Å². The van der Waals surface area contributed by atoms with E-state index in [-0.39, 0.29) is 12.5 Å². The number of nitrogens with zero attached hydrogens (tertiary/aromatic N) is 1. The van der Waals surface area contributed by atoms with Crippen molar-refractivity contribution in [1.82, 2.24) is 4.90 Å². The first-order valence-electron chi connectivity index (χ1n) is 6.28. The Morgan fingerprint density at radius 1 is 1.33 bits per heavy atom. The Morgan fingerprint density at radius 3 is 2.44 bits per heavy atom. The van der Waals surface area contributed by atoms with Gasteiger partial charge in [-0.15, -0.1) is 0 Å². The van der Waals surface area contributed by atoms with E-state index in [9.17, 15) is 4.79 Å². The summed E-state index contributed by atoms with van der Waals surface area (Å²) in [7, 11) is 0. The first-order chi connectivity index (χ1) is 8.54. The normalized spacial score (nSPS) is 14.0. The number of nitrogens with two attached hydrogens (primary N) is 1. The molecule has 1 aromatic carbocycles. The predicted octanol–water partition coefficient (Wildman–Crippen LogP) is 1.09. The number of benzene rings is 1. The lowest BCUT2D eigenvalue weighted by Crippen LogP contribution is -2.51. The first-order valence-corrected chi connectivity index (χ1v) is 6.28. The van der Waals surface area contributed by atoms with Gasteiger partial charge in [-0.1, -0.05) is 37.3 Å². The average Bonchev–Trinajstić information content (AvgIpc) is 2.38. The van der Waals surface area contributed by atoms with Crippen LogP contribution in [0.2, 0.25) is 0 Å². The van der Waals surface area contributed by atoms with Crippen LogP contribution in [-0.4, -0.2) is 35.6 Å². The van der Waals surface area contributed by atoms with Gasteiger partial charge in [0.1, 0.15) is 5.54 Å². The fourth-order valence-corrected chi connectivity index (χ4v) is 1.94. The molecule has 0 aromatic heterocycles. The molecule has 1 atom stereocenters. The standard InChI is InChI=1S/C14H22N2O2/c1-3-9-16(10-11-17)13(18)14(2,15)12-7-5-4-6-8-12/h4-8,17H,3,9-11,15H2,1-2H3. The summed E-state index contributed by atoms with van der Waals surface area (Å²) >= 11 is 0. The lowest BCUT2D eigenvalue weighted by atomic mass is 9.91. The van der Waals surface area contributed by atoms with Gasteiger partial charge >= 0.3 is 0 Å². The summed E-state index contributed by atoms with van der Waals surface area (Å²) in [5.74, 6) is -0.149. The lowest BCUT2D eigenvalue weighted by Gasteiger charge is -2.31. The Kier molecular flexibility index (Phi) is 5.31. The molecule has 1 rings (SSSR count). The summed E-state index contributed by atoms with van der Waals surface area (Å²) in [6.07, 6.45) is 0.844. The number of amides is 1. The Hall–Kier alpha value is -1.39. The highest BCUT2D eigenvalue weighted by Gasteiger charge is 2.33. The highest BCUT2D eigenvalue weighted by atomic mass is 16.3. The molecule has 1 aromatic rings. The number of aliphatic hydroxyl groups excluding tert-OH is 1.